The second-order valence-electron chi connectivity index (χ2n) is 5.68. The minimum Gasteiger partial charge on any atom is -0.496 e. The third kappa shape index (κ3) is 3.74. The van der Waals surface area contributed by atoms with E-state index in [1.165, 1.54) is 0 Å². The molecule has 0 radical (unpaired) electrons. The standard InChI is InChI=1S/C16H23NO4/c1-17(11-13-5-3-4-6-14(13)20-2)12-16(15(18)19)7-9-21-10-8-16/h3-6H,7-12H2,1-2H3,(H,18,19). The van der Waals surface area contributed by atoms with E-state index in [0.717, 1.165) is 11.3 Å². The Morgan fingerprint density at radius 1 is 1.38 bits per heavy atom. The van der Waals surface area contributed by atoms with Crippen LogP contribution in [0.1, 0.15) is 18.4 Å². The predicted molar refractivity (Wildman–Crippen MR) is 79.4 cm³/mol. The fourth-order valence-corrected chi connectivity index (χ4v) is 2.90. The van der Waals surface area contributed by atoms with Crippen LogP contribution in [0.4, 0.5) is 0 Å². The molecule has 1 N–H and O–H groups in total. The summed E-state index contributed by atoms with van der Waals surface area (Å²) in [6.45, 7) is 2.23. The molecule has 0 aliphatic carbocycles. The normalized spacial score (nSPS) is 17.7. The maximum atomic E-state index is 11.7. The Bertz CT molecular complexity index is 483. The van der Waals surface area contributed by atoms with Gasteiger partial charge in [-0.3, -0.25) is 4.79 Å². The molecule has 1 heterocycles. The molecule has 1 saturated heterocycles. The van der Waals surface area contributed by atoms with Crippen molar-refractivity contribution in [1.29, 1.82) is 0 Å². The third-order valence-corrected chi connectivity index (χ3v) is 4.11. The molecule has 1 aliphatic heterocycles. The van der Waals surface area contributed by atoms with Crippen LogP contribution in [-0.2, 0) is 16.1 Å². The van der Waals surface area contributed by atoms with E-state index in [1.807, 2.05) is 31.3 Å². The molecule has 5 heteroatoms. The average molecular weight is 293 g/mol. The molecule has 116 valence electrons. The largest absolute Gasteiger partial charge is 0.496 e. The van der Waals surface area contributed by atoms with Gasteiger partial charge in [-0.25, -0.2) is 0 Å². The zero-order chi connectivity index (χ0) is 15.3. The minimum atomic E-state index is -0.724. The van der Waals surface area contributed by atoms with Gasteiger partial charge in [0.1, 0.15) is 5.75 Å². The topological polar surface area (TPSA) is 59.0 Å². The average Bonchev–Trinajstić information content (AvgIpc) is 2.48. The zero-order valence-electron chi connectivity index (χ0n) is 12.7. The molecule has 0 saturated carbocycles. The molecule has 1 aliphatic rings. The summed E-state index contributed by atoms with van der Waals surface area (Å²) in [7, 11) is 3.60. The fraction of sp³-hybridized carbons (Fsp3) is 0.562. The van der Waals surface area contributed by atoms with Crippen molar-refractivity contribution in [3.63, 3.8) is 0 Å². The summed E-state index contributed by atoms with van der Waals surface area (Å²) in [5.74, 6) is 0.110. The molecule has 0 spiro atoms. The summed E-state index contributed by atoms with van der Waals surface area (Å²) in [5, 5.41) is 9.60. The highest BCUT2D eigenvalue weighted by molar-refractivity contribution is 5.75. The number of hydrogen-bond acceptors (Lipinski definition) is 4. The number of carbonyl (C=O) groups is 1. The Morgan fingerprint density at radius 2 is 2.05 bits per heavy atom. The number of nitrogens with zero attached hydrogens (tertiary/aromatic N) is 1. The van der Waals surface area contributed by atoms with Gasteiger partial charge in [0.25, 0.3) is 0 Å². The fourth-order valence-electron chi connectivity index (χ4n) is 2.90. The molecule has 0 atom stereocenters. The van der Waals surface area contributed by atoms with Gasteiger partial charge < -0.3 is 19.5 Å². The van der Waals surface area contributed by atoms with E-state index in [1.54, 1.807) is 7.11 Å². The third-order valence-electron chi connectivity index (χ3n) is 4.11. The van der Waals surface area contributed by atoms with Crippen molar-refractivity contribution in [2.45, 2.75) is 19.4 Å². The van der Waals surface area contributed by atoms with Gasteiger partial charge in [0.15, 0.2) is 0 Å². The molecular weight excluding hydrogens is 270 g/mol. The molecule has 0 aromatic heterocycles. The first-order chi connectivity index (χ1) is 10.1. The van der Waals surface area contributed by atoms with Crippen LogP contribution in [0, 0.1) is 5.41 Å². The summed E-state index contributed by atoms with van der Waals surface area (Å²) in [5.41, 5.74) is 0.366. The van der Waals surface area contributed by atoms with E-state index in [9.17, 15) is 9.90 Å². The predicted octanol–water partition coefficient (Wildman–Crippen LogP) is 2.01. The zero-order valence-corrected chi connectivity index (χ0v) is 12.7. The molecule has 0 unspecified atom stereocenters. The second kappa shape index (κ2) is 6.91. The highest BCUT2D eigenvalue weighted by Crippen LogP contribution is 2.32. The second-order valence-corrected chi connectivity index (χ2v) is 5.68. The number of hydrogen-bond donors (Lipinski definition) is 1. The molecular formula is C16H23NO4. The molecule has 2 rings (SSSR count). The van der Waals surface area contributed by atoms with Crippen molar-refractivity contribution in [2.24, 2.45) is 5.41 Å². The Balaban J connectivity index is 2.05. The number of aliphatic carboxylic acids is 1. The summed E-state index contributed by atoms with van der Waals surface area (Å²) in [4.78, 5) is 13.7. The lowest BCUT2D eigenvalue weighted by Gasteiger charge is -2.36. The Kier molecular flexibility index (Phi) is 5.20. The Morgan fingerprint density at radius 3 is 2.67 bits per heavy atom. The number of methoxy groups -OCH3 is 1. The SMILES string of the molecule is COc1ccccc1CN(C)CC1(C(=O)O)CCOCC1. The van der Waals surface area contributed by atoms with Crippen molar-refractivity contribution in [1.82, 2.24) is 4.90 Å². The van der Waals surface area contributed by atoms with Crippen molar-refractivity contribution < 1.29 is 19.4 Å². The van der Waals surface area contributed by atoms with Gasteiger partial charge in [0, 0.05) is 31.9 Å². The number of ether oxygens (including phenoxy) is 2. The first-order valence-electron chi connectivity index (χ1n) is 7.19. The molecule has 1 aromatic carbocycles. The van der Waals surface area contributed by atoms with E-state index in [0.29, 0.717) is 39.1 Å². The number of carboxylic acids is 1. The lowest BCUT2D eigenvalue weighted by Crippen LogP contribution is -2.45. The Hall–Kier alpha value is -1.59. The van der Waals surface area contributed by atoms with E-state index in [-0.39, 0.29) is 0 Å². The number of rotatable bonds is 6. The van der Waals surface area contributed by atoms with Crippen molar-refractivity contribution in [3.8, 4) is 5.75 Å². The van der Waals surface area contributed by atoms with Gasteiger partial charge in [-0.1, -0.05) is 18.2 Å². The first kappa shape index (κ1) is 15.8. The number of para-hydroxylation sites is 1. The smallest absolute Gasteiger partial charge is 0.311 e. The van der Waals surface area contributed by atoms with Crippen molar-refractivity contribution in [2.75, 3.05) is 33.9 Å². The van der Waals surface area contributed by atoms with Crippen LogP contribution in [0.15, 0.2) is 24.3 Å². The lowest BCUT2D eigenvalue weighted by molar-refractivity contribution is -0.156. The van der Waals surface area contributed by atoms with Crippen LogP contribution in [-0.4, -0.2) is 49.9 Å². The molecule has 1 fully saturated rings. The molecule has 0 amide bonds. The van der Waals surface area contributed by atoms with Crippen LogP contribution in [0.2, 0.25) is 0 Å². The van der Waals surface area contributed by atoms with Crippen LogP contribution in [0.5, 0.6) is 5.75 Å². The first-order valence-corrected chi connectivity index (χ1v) is 7.19. The van der Waals surface area contributed by atoms with Crippen LogP contribution < -0.4 is 4.74 Å². The van der Waals surface area contributed by atoms with Gasteiger partial charge in [-0.15, -0.1) is 0 Å². The van der Waals surface area contributed by atoms with E-state index >= 15 is 0 Å². The summed E-state index contributed by atoms with van der Waals surface area (Å²) >= 11 is 0. The molecule has 1 aromatic rings. The number of carboxylic acid groups (broad SMARTS) is 1. The van der Waals surface area contributed by atoms with Crippen LogP contribution in [0.3, 0.4) is 0 Å². The van der Waals surface area contributed by atoms with Gasteiger partial charge in [0.05, 0.1) is 12.5 Å². The molecule has 21 heavy (non-hydrogen) atoms. The maximum Gasteiger partial charge on any atom is 0.311 e. The molecule has 0 bridgehead atoms. The monoisotopic (exact) mass is 293 g/mol. The summed E-state index contributed by atoms with van der Waals surface area (Å²) < 4.78 is 10.7. The van der Waals surface area contributed by atoms with Crippen molar-refractivity contribution >= 4 is 5.97 Å². The maximum absolute atomic E-state index is 11.7. The molecule has 5 nitrogen and oxygen atoms in total. The van der Waals surface area contributed by atoms with Crippen LogP contribution >= 0.6 is 0 Å². The van der Waals surface area contributed by atoms with Gasteiger partial charge in [-0.2, -0.15) is 0 Å². The Labute approximate surface area is 125 Å². The number of benzene rings is 1. The lowest BCUT2D eigenvalue weighted by atomic mass is 9.80. The summed E-state index contributed by atoms with van der Waals surface area (Å²) in [6, 6.07) is 7.82. The quantitative estimate of drug-likeness (QED) is 0.869. The van der Waals surface area contributed by atoms with Crippen molar-refractivity contribution in [3.05, 3.63) is 29.8 Å². The van der Waals surface area contributed by atoms with E-state index in [2.05, 4.69) is 4.90 Å². The van der Waals surface area contributed by atoms with E-state index in [4.69, 9.17) is 9.47 Å². The van der Waals surface area contributed by atoms with Gasteiger partial charge in [-0.05, 0) is 26.0 Å². The van der Waals surface area contributed by atoms with Gasteiger partial charge >= 0.3 is 5.97 Å². The van der Waals surface area contributed by atoms with Crippen LogP contribution in [0.25, 0.3) is 0 Å². The van der Waals surface area contributed by atoms with E-state index < -0.39 is 11.4 Å². The highest BCUT2D eigenvalue weighted by atomic mass is 16.5. The van der Waals surface area contributed by atoms with Gasteiger partial charge in [0.2, 0.25) is 0 Å². The summed E-state index contributed by atoms with van der Waals surface area (Å²) in [6.07, 6.45) is 1.14. The highest BCUT2D eigenvalue weighted by Gasteiger charge is 2.41. The minimum absolute atomic E-state index is 0.518.